The van der Waals surface area contributed by atoms with E-state index < -0.39 is 11.9 Å². The molecule has 6 nitrogen and oxygen atoms in total. The number of nitrogens with one attached hydrogen (secondary N) is 1. The zero-order valence-corrected chi connectivity index (χ0v) is 26.5. The Hall–Kier alpha value is -2.78. The highest BCUT2D eigenvalue weighted by atomic mass is 35.5. The Kier molecular flexibility index (Phi) is 13.4. The van der Waals surface area contributed by atoms with Crippen LogP contribution in [0.2, 0.25) is 10.0 Å². The van der Waals surface area contributed by atoms with Gasteiger partial charge in [0.2, 0.25) is 0 Å². The summed E-state index contributed by atoms with van der Waals surface area (Å²) in [6.07, 6.45) is 11.3. The molecule has 42 heavy (non-hydrogen) atoms. The molecule has 1 aromatic heterocycles. The number of carboxylic acid groups (broad SMARTS) is 1. The predicted octanol–water partition coefficient (Wildman–Crippen LogP) is 10.2. The van der Waals surface area contributed by atoms with Gasteiger partial charge in [0, 0.05) is 40.3 Å². The minimum Gasteiger partial charge on any atom is -0.478 e. The molecule has 0 aliphatic rings. The highest BCUT2D eigenvalue weighted by molar-refractivity contribution is 7.14. The van der Waals surface area contributed by atoms with E-state index in [1.807, 2.05) is 0 Å². The summed E-state index contributed by atoms with van der Waals surface area (Å²) < 4.78 is 21.3. The molecule has 10 heteroatoms. The fraction of sp³-hybridized carbons (Fsp3) is 0.406. The number of benzene rings is 2. The summed E-state index contributed by atoms with van der Waals surface area (Å²) in [5, 5.41) is 14.0. The van der Waals surface area contributed by atoms with E-state index in [0.29, 0.717) is 22.4 Å². The van der Waals surface area contributed by atoms with Crippen LogP contribution in [0.5, 0.6) is 0 Å². The number of aromatic nitrogens is 1. The number of carbonyl (C=O) groups is 2. The third kappa shape index (κ3) is 9.36. The second-order valence-corrected chi connectivity index (χ2v) is 11.8. The van der Waals surface area contributed by atoms with Crippen molar-refractivity contribution in [3.63, 3.8) is 0 Å². The molecule has 1 heterocycles. The van der Waals surface area contributed by atoms with Crippen LogP contribution >= 0.6 is 34.5 Å². The number of halogens is 3. The van der Waals surface area contributed by atoms with Gasteiger partial charge in [-0.15, -0.1) is 11.3 Å². The Morgan fingerprint density at radius 2 is 1.74 bits per heavy atom. The van der Waals surface area contributed by atoms with Crippen molar-refractivity contribution in [2.24, 2.45) is 0 Å². The summed E-state index contributed by atoms with van der Waals surface area (Å²) in [6, 6.07) is 8.00. The summed E-state index contributed by atoms with van der Waals surface area (Å²) in [5.41, 5.74) is 1.75. The molecule has 1 atom stereocenters. The van der Waals surface area contributed by atoms with Crippen LogP contribution in [0.4, 0.5) is 9.52 Å². The van der Waals surface area contributed by atoms with Gasteiger partial charge in [0.1, 0.15) is 5.82 Å². The van der Waals surface area contributed by atoms with Crippen LogP contribution in [-0.4, -0.2) is 29.1 Å². The molecule has 0 saturated heterocycles. The standard InChI is InChI=1S/C32H37Cl2FN2O4S/c1-4-5-6-7-8-9-10-11-15-28(41-3)23-14-12-13-22(29(23)35)27-19-42-32(36-27)37-30(38)21-17-25(33)24(26(34)18-21)16-20(2)31(39)40/h12-14,16-19,28H,4-11,15H2,1-3H3,(H,39,40)(H,36,37,38)/b20-16+. The van der Waals surface area contributed by atoms with E-state index in [2.05, 4.69) is 17.2 Å². The van der Waals surface area contributed by atoms with E-state index in [1.54, 1.807) is 30.7 Å². The fourth-order valence-corrected chi connectivity index (χ4v) is 5.92. The molecule has 0 bridgehead atoms. The Balaban J connectivity index is 1.67. The van der Waals surface area contributed by atoms with E-state index in [-0.39, 0.29) is 38.2 Å². The molecule has 3 rings (SSSR count). The van der Waals surface area contributed by atoms with Crippen molar-refractivity contribution in [2.45, 2.75) is 77.7 Å². The number of amides is 1. The first-order valence-corrected chi connectivity index (χ1v) is 15.8. The second kappa shape index (κ2) is 16.8. The lowest BCUT2D eigenvalue weighted by molar-refractivity contribution is -0.132. The molecule has 1 unspecified atom stereocenters. The number of carbonyl (C=O) groups excluding carboxylic acids is 1. The molecule has 0 spiro atoms. The molecule has 2 N–H and O–H groups in total. The van der Waals surface area contributed by atoms with Crippen LogP contribution < -0.4 is 5.32 Å². The minimum atomic E-state index is -1.10. The third-order valence-corrected chi connectivity index (χ3v) is 8.40. The summed E-state index contributed by atoms with van der Waals surface area (Å²) in [5.74, 6) is -2.00. The number of methoxy groups -OCH3 is 1. The first-order valence-electron chi connectivity index (χ1n) is 14.1. The van der Waals surface area contributed by atoms with Gasteiger partial charge < -0.3 is 9.84 Å². The van der Waals surface area contributed by atoms with Gasteiger partial charge in [0.05, 0.1) is 21.8 Å². The molecule has 226 valence electrons. The zero-order chi connectivity index (χ0) is 30.6. The van der Waals surface area contributed by atoms with Gasteiger partial charge in [-0.2, -0.15) is 0 Å². The Morgan fingerprint density at radius 3 is 2.36 bits per heavy atom. The van der Waals surface area contributed by atoms with E-state index in [9.17, 15) is 9.59 Å². The van der Waals surface area contributed by atoms with Crippen molar-refractivity contribution in [3.8, 4) is 11.3 Å². The van der Waals surface area contributed by atoms with Gasteiger partial charge in [0.25, 0.3) is 5.91 Å². The lowest BCUT2D eigenvalue weighted by Crippen LogP contribution is -2.12. The second-order valence-electron chi connectivity index (χ2n) is 10.2. The van der Waals surface area contributed by atoms with Crippen molar-refractivity contribution in [1.29, 1.82) is 0 Å². The molecule has 0 aliphatic heterocycles. The number of hydrogen-bond acceptors (Lipinski definition) is 5. The zero-order valence-electron chi connectivity index (χ0n) is 24.1. The maximum absolute atomic E-state index is 15.7. The fourth-order valence-electron chi connectivity index (χ4n) is 4.62. The molecule has 0 aliphatic carbocycles. The van der Waals surface area contributed by atoms with Crippen molar-refractivity contribution in [1.82, 2.24) is 4.98 Å². The van der Waals surface area contributed by atoms with E-state index in [0.717, 1.165) is 30.6 Å². The molecule has 0 saturated carbocycles. The normalized spacial score (nSPS) is 12.4. The molecule has 2 aromatic carbocycles. The lowest BCUT2D eigenvalue weighted by atomic mass is 9.98. The minimum absolute atomic E-state index is 0.0487. The predicted molar refractivity (Wildman–Crippen MR) is 170 cm³/mol. The van der Waals surface area contributed by atoms with Crippen LogP contribution in [0.15, 0.2) is 41.3 Å². The van der Waals surface area contributed by atoms with Gasteiger partial charge in [-0.25, -0.2) is 14.2 Å². The Bertz CT molecular complexity index is 1390. The summed E-state index contributed by atoms with van der Waals surface area (Å²) in [4.78, 5) is 28.5. The molecule has 0 radical (unpaired) electrons. The molecule has 1 amide bonds. The Morgan fingerprint density at radius 1 is 1.10 bits per heavy atom. The smallest absolute Gasteiger partial charge is 0.331 e. The maximum Gasteiger partial charge on any atom is 0.331 e. The van der Waals surface area contributed by atoms with E-state index >= 15 is 4.39 Å². The highest BCUT2D eigenvalue weighted by Crippen LogP contribution is 2.34. The van der Waals surface area contributed by atoms with E-state index in [1.165, 1.54) is 63.7 Å². The largest absolute Gasteiger partial charge is 0.478 e. The number of anilines is 1. The number of rotatable bonds is 16. The van der Waals surface area contributed by atoms with Gasteiger partial charge in [0.15, 0.2) is 5.13 Å². The van der Waals surface area contributed by atoms with Crippen LogP contribution in [0.1, 0.15) is 99.2 Å². The van der Waals surface area contributed by atoms with Crippen molar-refractivity contribution < 1.29 is 23.8 Å². The quantitative estimate of drug-likeness (QED) is 0.121. The number of unbranched alkanes of at least 4 members (excludes halogenated alkanes) is 7. The summed E-state index contributed by atoms with van der Waals surface area (Å²) in [6.45, 7) is 3.63. The topological polar surface area (TPSA) is 88.5 Å². The number of ether oxygens (including phenoxy) is 1. The van der Waals surface area contributed by atoms with Gasteiger partial charge in [-0.05, 0) is 37.6 Å². The lowest BCUT2D eigenvalue weighted by Gasteiger charge is -2.17. The van der Waals surface area contributed by atoms with Gasteiger partial charge in [-0.1, -0.05) is 93.6 Å². The van der Waals surface area contributed by atoms with Crippen molar-refractivity contribution >= 4 is 57.6 Å². The summed E-state index contributed by atoms with van der Waals surface area (Å²) >= 11 is 13.7. The first-order chi connectivity index (χ1) is 20.2. The molecular weight excluding hydrogens is 598 g/mol. The van der Waals surface area contributed by atoms with Crippen LogP contribution in [0.3, 0.4) is 0 Å². The van der Waals surface area contributed by atoms with Crippen LogP contribution in [0.25, 0.3) is 17.3 Å². The number of hydrogen-bond donors (Lipinski definition) is 2. The highest BCUT2D eigenvalue weighted by Gasteiger charge is 2.20. The maximum atomic E-state index is 15.7. The van der Waals surface area contributed by atoms with Crippen molar-refractivity contribution in [3.05, 3.63) is 73.8 Å². The monoisotopic (exact) mass is 634 g/mol. The third-order valence-electron chi connectivity index (χ3n) is 7.02. The van der Waals surface area contributed by atoms with Crippen LogP contribution in [-0.2, 0) is 9.53 Å². The van der Waals surface area contributed by atoms with Gasteiger partial charge >= 0.3 is 5.97 Å². The molecule has 3 aromatic rings. The number of thiazole rings is 1. The number of carboxylic acids is 1. The Labute approximate surface area is 260 Å². The molecular formula is C32H37Cl2FN2O4S. The average molecular weight is 636 g/mol. The van der Waals surface area contributed by atoms with Crippen molar-refractivity contribution in [2.75, 3.05) is 12.4 Å². The molecule has 0 fully saturated rings. The van der Waals surface area contributed by atoms with Gasteiger partial charge in [-0.3, -0.25) is 10.1 Å². The number of nitrogens with zero attached hydrogens (tertiary/aromatic N) is 1. The first kappa shape index (κ1) is 33.7. The summed E-state index contributed by atoms with van der Waals surface area (Å²) in [7, 11) is 1.60. The van der Waals surface area contributed by atoms with Crippen LogP contribution in [0, 0.1) is 5.82 Å². The average Bonchev–Trinajstić information content (AvgIpc) is 3.42. The SMILES string of the molecule is CCCCCCCCCCC(OC)c1cccc(-c2csc(NC(=O)c3cc(Cl)c(/C=C(\C)C(=O)O)c(Cl)c3)n2)c1F. The van der Waals surface area contributed by atoms with E-state index in [4.69, 9.17) is 33.0 Å². The number of aliphatic carboxylic acids is 1.